The van der Waals surface area contributed by atoms with Crippen LogP contribution < -0.4 is 19.6 Å². The zero-order chi connectivity index (χ0) is 36.6. The van der Waals surface area contributed by atoms with E-state index >= 15 is 0 Å². The van der Waals surface area contributed by atoms with Gasteiger partial charge in [0.1, 0.15) is 17.3 Å². The highest BCUT2D eigenvalue weighted by atomic mass is 16.5. The first-order chi connectivity index (χ1) is 27.1. The molecule has 0 radical (unpaired) electrons. The van der Waals surface area contributed by atoms with E-state index in [1.807, 2.05) is 47.3 Å². The Labute approximate surface area is 318 Å². The van der Waals surface area contributed by atoms with E-state index in [1.165, 1.54) is 11.0 Å². The van der Waals surface area contributed by atoms with E-state index in [0.29, 0.717) is 17.2 Å². The van der Waals surface area contributed by atoms with Crippen LogP contribution in [0.4, 0.5) is 5.69 Å². The molecule has 0 amide bonds. The smallest absolute Gasteiger partial charge is 0.416 e. The van der Waals surface area contributed by atoms with Gasteiger partial charge in [-0.15, -0.1) is 0 Å². The molecule has 11 rings (SSSR count). The number of aromatic hydroxyl groups is 1. The van der Waals surface area contributed by atoms with Crippen molar-refractivity contribution in [2.45, 2.75) is 0 Å². The lowest BCUT2D eigenvalue weighted by Crippen LogP contribution is -2.54. The van der Waals surface area contributed by atoms with Crippen LogP contribution in [0.25, 0.3) is 67.2 Å². The van der Waals surface area contributed by atoms with Gasteiger partial charge in [0.25, 0.3) is 6.33 Å². The fraction of sp³-hybridized carbons (Fsp3) is 0.0213. The van der Waals surface area contributed by atoms with Crippen LogP contribution in [0.1, 0.15) is 0 Å². The predicted molar refractivity (Wildman–Crippen MR) is 219 cm³/mol. The molecular weight excluding hydrogens is 677 g/mol. The summed E-state index contributed by atoms with van der Waals surface area (Å²) in [5.41, 5.74) is 13.4. The largest absolute Gasteiger partial charge is 0.508 e. The Bertz CT molecular complexity index is 2970. The van der Waals surface area contributed by atoms with Crippen LogP contribution in [0.2, 0.25) is 0 Å². The van der Waals surface area contributed by atoms with Crippen molar-refractivity contribution in [1.82, 2.24) is 14.0 Å². The van der Waals surface area contributed by atoms with Crippen LogP contribution in [0.3, 0.4) is 0 Å². The predicted octanol–water partition coefficient (Wildman–Crippen LogP) is 9.08. The Morgan fingerprint density at radius 3 is 2.07 bits per heavy atom. The first-order valence-corrected chi connectivity index (χ1v) is 18.4. The second kappa shape index (κ2) is 12.1. The van der Waals surface area contributed by atoms with Crippen LogP contribution in [0.15, 0.2) is 170 Å². The Hall–Kier alpha value is -7.32. The normalized spacial score (nSPS) is 12.5. The van der Waals surface area contributed by atoms with Gasteiger partial charge in [0.15, 0.2) is 11.5 Å². The molecule has 9 aromatic rings. The molecule has 0 bridgehead atoms. The molecule has 2 aliphatic rings. The van der Waals surface area contributed by atoms with E-state index in [9.17, 15) is 5.11 Å². The number of benzene rings is 7. The second-order valence-electron chi connectivity index (χ2n) is 14.0. The van der Waals surface area contributed by atoms with Gasteiger partial charge in [-0.3, -0.25) is 9.13 Å². The Morgan fingerprint density at radius 1 is 0.636 bits per heavy atom. The number of hydrogen-bond donors (Lipinski definition) is 1. The summed E-state index contributed by atoms with van der Waals surface area (Å²) in [5.74, 6) is 1.81. The first kappa shape index (κ1) is 31.2. The van der Waals surface area contributed by atoms with Crippen LogP contribution in [0.5, 0.6) is 17.2 Å². The van der Waals surface area contributed by atoms with Gasteiger partial charge in [-0.2, -0.15) is 0 Å². The van der Waals surface area contributed by atoms with Crippen molar-refractivity contribution in [2.24, 2.45) is 0 Å². The maximum atomic E-state index is 12.0. The number of para-hydroxylation sites is 3. The molecule has 1 N–H and O–H groups in total. The van der Waals surface area contributed by atoms with Crippen molar-refractivity contribution >= 4 is 29.2 Å². The molecule has 0 unspecified atom stereocenters. The Balaban J connectivity index is 1.04. The zero-order valence-corrected chi connectivity index (χ0v) is 29.8. The molecule has 55 heavy (non-hydrogen) atoms. The number of hydrogen-bond acceptors (Lipinski definition) is 4. The minimum Gasteiger partial charge on any atom is -0.508 e. The summed E-state index contributed by atoms with van der Waals surface area (Å²) < 4.78 is 12.8. The van der Waals surface area contributed by atoms with Crippen LogP contribution in [-0.2, 0) is 0 Å². The van der Waals surface area contributed by atoms with Crippen molar-refractivity contribution in [2.75, 3.05) is 11.9 Å². The highest BCUT2D eigenvalue weighted by Gasteiger charge is 2.35. The van der Waals surface area contributed by atoms with Crippen molar-refractivity contribution < 1.29 is 14.4 Å². The summed E-state index contributed by atoms with van der Waals surface area (Å²) >= 11 is 0. The molecule has 0 aliphatic carbocycles. The van der Waals surface area contributed by atoms with Gasteiger partial charge in [-0.1, -0.05) is 121 Å². The number of phenolic OH excluding ortho intramolecular Hbond substituents is 1. The number of phenols is 1. The van der Waals surface area contributed by atoms with Gasteiger partial charge >= 0.3 is 6.98 Å². The maximum absolute atomic E-state index is 12.0. The van der Waals surface area contributed by atoms with Crippen molar-refractivity contribution in [3.05, 3.63) is 176 Å². The molecule has 0 fully saturated rings. The number of ether oxygens (including phenoxy) is 1. The molecule has 8 heteroatoms. The van der Waals surface area contributed by atoms with Crippen molar-refractivity contribution in [1.29, 1.82) is 0 Å². The molecule has 0 spiro atoms. The third-order valence-corrected chi connectivity index (χ3v) is 11.0. The number of aromatic nitrogens is 4. The first-order valence-electron chi connectivity index (χ1n) is 18.4. The SMILES string of the molecule is CN1B(c2ccccc2)n2ccnc2-c2cc(Oc3cccc(-n4[c-][n+]5c6c(cccc64)-c4ccccc4-c4ccccc4-c4ccccc4-5)c3O)ccc21. The standard InChI is InChI=1S/C47H32BN5O2/c1-50-40-26-25-32(29-39(40)47-49-27-28-53(47)48(50)31-13-3-2-4-14-31)55-44-24-12-23-43(46(44)54)51-30-52-41-21-10-9-19-37(41)35-17-7-5-15-33(35)34-16-6-8-18-36(34)38-20-11-22-42(51)45(38)52/h2-29,54H,1H3. The third-order valence-electron chi connectivity index (χ3n) is 11.0. The van der Waals surface area contributed by atoms with Gasteiger partial charge in [0, 0.05) is 23.6 Å². The summed E-state index contributed by atoms with van der Waals surface area (Å²) in [7, 11) is 2.10. The molecule has 7 nitrogen and oxygen atoms in total. The third kappa shape index (κ3) is 4.71. The number of fused-ring (bicyclic) bond motifs is 10. The molecular formula is C47H32BN5O2. The molecule has 0 saturated heterocycles. The van der Waals surface area contributed by atoms with Gasteiger partial charge in [-0.25, -0.2) is 4.98 Å². The van der Waals surface area contributed by atoms with Gasteiger partial charge in [0.05, 0.1) is 16.7 Å². The van der Waals surface area contributed by atoms with Crippen LogP contribution in [-0.4, -0.2) is 33.2 Å². The summed E-state index contributed by atoms with van der Waals surface area (Å²) in [4.78, 5) is 7.02. The molecule has 0 saturated carbocycles. The average molecular weight is 710 g/mol. The Kier molecular flexibility index (Phi) is 6.88. The second-order valence-corrected chi connectivity index (χ2v) is 14.0. The molecule has 2 aromatic heterocycles. The van der Waals surface area contributed by atoms with Gasteiger partial charge in [-0.05, 0) is 82.3 Å². The van der Waals surface area contributed by atoms with E-state index in [4.69, 9.17) is 9.72 Å². The maximum Gasteiger partial charge on any atom is 0.416 e. The minimum absolute atomic E-state index is 0.0137. The number of anilines is 1. The van der Waals surface area contributed by atoms with Crippen LogP contribution in [0, 0.1) is 6.33 Å². The monoisotopic (exact) mass is 709 g/mol. The van der Waals surface area contributed by atoms with Gasteiger partial charge in [0.2, 0.25) is 0 Å². The quantitative estimate of drug-likeness (QED) is 0.113. The Morgan fingerprint density at radius 2 is 1.29 bits per heavy atom. The summed E-state index contributed by atoms with van der Waals surface area (Å²) in [5, 5.41) is 12.0. The fourth-order valence-electron chi connectivity index (χ4n) is 8.54. The lowest BCUT2D eigenvalue weighted by Gasteiger charge is -2.35. The average Bonchev–Trinajstić information content (AvgIpc) is 3.89. The van der Waals surface area contributed by atoms with Gasteiger partial charge < -0.3 is 19.1 Å². The highest BCUT2D eigenvalue weighted by Crippen LogP contribution is 2.45. The lowest BCUT2D eigenvalue weighted by atomic mass is 9.64. The topological polar surface area (TPSA) is 59.3 Å². The fourth-order valence-corrected chi connectivity index (χ4v) is 8.54. The number of nitrogens with zero attached hydrogens (tertiary/aromatic N) is 5. The van der Waals surface area contributed by atoms with Crippen molar-refractivity contribution in [3.8, 4) is 73.4 Å². The van der Waals surface area contributed by atoms with E-state index in [-0.39, 0.29) is 12.7 Å². The molecule has 7 aromatic carbocycles. The summed E-state index contributed by atoms with van der Waals surface area (Å²) in [6.07, 6.45) is 7.52. The van der Waals surface area contributed by atoms with Crippen LogP contribution >= 0.6 is 0 Å². The zero-order valence-electron chi connectivity index (χ0n) is 29.8. The minimum atomic E-state index is -0.0289. The lowest BCUT2D eigenvalue weighted by molar-refractivity contribution is -0.571. The molecule has 4 heterocycles. The number of imidazole rings is 2. The van der Waals surface area contributed by atoms with E-state index < -0.39 is 0 Å². The number of rotatable bonds is 4. The molecule has 260 valence electrons. The molecule has 2 aliphatic heterocycles. The highest BCUT2D eigenvalue weighted by molar-refractivity contribution is 6.76. The molecule has 0 atom stereocenters. The van der Waals surface area contributed by atoms with Crippen molar-refractivity contribution in [3.63, 3.8) is 0 Å². The van der Waals surface area contributed by atoms with E-state index in [2.05, 4.69) is 149 Å². The van der Waals surface area contributed by atoms with E-state index in [1.54, 1.807) is 6.07 Å². The summed E-state index contributed by atoms with van der Waals surface area (Å²) in [6, 6.07) is 54.0. The summed E-state index contributed by atoms with van der Waals surface area (Å²) in [6.45, 7) is -0.0289. The van der Waals surface area contributed by atoms with E-state index in [0.717, 1.165) is 61.6 Å².